The van der Waals surface area contributed by atoms with Crippen LogP contribution < -0.4 is 0 Å². The molecule has 0 radical (unpaired) electrons. The average molecular weight is 300 g/mol. The van der Waals surface area contributed by atoms with E-state index in [0.717, 1.165) is 12.0 Å². The zero-order chi connectivity index (χ0) is 16.1. The van der Waals surface area contributed by atoms with E-state index in [1.165, 1.54) is 22.3 Å². The quantitative estimate of drug-likeness (QED) is 0.570. The van der Waals surface area contributed by atoms with Crippen molar-refractivity contribution in [1.29, 1.82) is 0 Å². The lowest BCUT2D eigenvalue weighted by Gasteiger charge is -2.05. The molecule has 0 aliphatic carbocycles. The molecule has 0 spiro atoms. The van der Waals surface area contributed by atoms with Crippen molar-refractivity contribution in [3.8, 4) is 11.1 Å². The molecule has 0 amide bonds. The molecule has 114 valence electrons. The van der Waals surface area contributed by atoms with Crippen LogP contribution >= 0.6 is 0 Å². The molecule has 0 fully saturated rings. The molecule has 1 heteroatoms. The minimum atomic E-state index is 0.202. The normalized spacial score (nSPS) is 10.5. The van der Waals surface area contributed by atoms with Gasteiger partial charge >= 0.3 is 0 Å². The zero-order valence-corrected chi connectivity index (χ0v) is 13.3. The van der Waals surface area contributed by atoms with Crippen LogP contribution in [0.4, 0.5) is 0 Å². The van der Waals surface area contributed by atoms with Crippen molar-refractivity contribution in [2.75, 3.05) is 0 Å². The summed E-state index contributed by atoms with van der Waals surface area (Å²) in [5, 5.41) is 0. The molecule has 0 saturated carbocycles. The lowest BCUT2D eigenvalue weighted by molar-refractivity contribution is 0.0983. The molecule has 1 nitrogen and oxygen atoms in total. The monoisotopic (exact) mass is 300 g/mol. The van der Waals surface area contributed by atoms with Crippen molar-refractivity contribution in [3.63, 3.8) is 0 Å². The molecule has 3 aromatic carbocycles. The van der Waals surface area contributed by atoms with Gasteiger partial charge in [-0.05, 0) is 30.0 Å². The van der Waals surface area contributed by atoms with Crippen LogP contribution in [-0.2, 0) is 6.42 Å². The van der Waals surface area contributed by atoms with E-state index in [4.69, 9.17) is 0 Å². The fourth-order valence-electron chi connectivity index (χ4n) is 2.64. The topological polar surface area (TPSA) is 17.1 Å². The Hall–Kier alpha value is -2.67. The summed E-state index contributed by atoms with van der Waals surface area (Å²) in [7, 11) is 0. The van der Waals surface area contributed by atoms with Crippen molar-refractivity contribution >= 4 is 5.78 Å². The van der Waals surface area contributed by atoms with Gasteiger partial charge in [-0.25, -0.2) is 0 Å². The Kier molecular flexibility index (Phi) is 4.68. The molecule has 3 rings (SSSR count). The second-order valence-electron chi connectivity index (χ2n) is 5.85. The van der Waals surface area contributed by atoms with Crippen LogP contribution in [0.25, 0.3) is 11.1 Å². The molecule has 23 heavy (non-hydrogen) atoms. The maximum Gasteiger partial charge on any atom is 0.163 e. The summed E-state index contributed by atoms with van der Waals surface area (Å²) >= 11 is 0. The van der Waals surface area contributed by atoms with Crippen molar-refractivity contribution in [2.24, 2.45) is 0 Å². The smallest absolute Gasteiger partial charge is 0.163 e. The largest absolute Gasteiger partial charge is 0.294 e. The van der Waals surface area contributed by atoms with Gasteiger partial charge in [-0.1, -0.05) is 84.4 Å². The highest BCUT2D eigenvalue weighted by molar-refractivity contribution is 5.96. The van der Waals surface area contributed by atoms with Gasteiger partial charge in [0.15, 0.2) is 5.78 Å². The van der Waals surface area contributed by atoms with Gasteiger partial charge in [-0.15, -0.1) is 0 Å². The van der Waals surface area contributed by atoms with Gasteiger partial charge in [-0.2, -0.15) is 0 Å². The van der Waals surface area contributed by atoms with Crippen LogP contribution in [0.15, 0.2) is 78.9 Å². The van der Waals surface area contributed by atoms with E-state index in [0.29, 0.717) is 6.42 Å². The van der Waals surface area contributed by atoms with E-state index < -0.39 is 0 Å². The van der Waals surface area contributed by atoms with Crippen molar-refractivity contribution in [1.82, 2.24) is 0 Å². The number of Topliss-reactive ketones (excluding diaryl/α,β-unsaturated/α-hetero) is 1. The summed E-state index contributed by atoms with van der Waals surface area (Å²) in [6.07, 6.45) is 1.33. The predicted octanol–water partition coefficient (Wildman–Crippen LogP) is 5.48. The Bertz CT molecular complexity index is 768. The highest BCUT2D eigenvalue weighted by Gasteiger charge is 2.05. The first-order valence-electron chi connectivity index (χ1n) is 7.96. The molecule has 0 N–H and O–H groups in total. The van der Waals surface area contributed by atoms with Gasteiger partial charge in [0.2, 0.25) is 0 Å². The summed E-state index contributed by atoms with van der Waals surface area (Å²) in [4.78, 5) is 12.1. The minimum absolute atomic E-state index is 0.202. The van der Waals surface area contributed by atoms with Crippen LogP contribution in [0.5, 0.6) is 0 Å². The molecule has 0 aromatic heterocycles. The molecule has 0 saturated heterocycles. The molecule has 0 heterocycles. The Morgan fingerprint density at radius 2 is 1.30 bits per heavy atom. The van der Waals surface area contributed by atoms with E-state index in [2.05, 4.69) is 55.5 Å². The minimum Gasteiger partial charge on any atom is -0.294 e. The maximum atomic E-state index is 12.1. The number of ketones is 1. The summed E-state index contributed by atoms with van der Waals surface area (Å²) in [5.74, 6) is 0.202. The molecular formula is C22H20O. The summed E-state index contributed by atoms with van der Waals surface area (Å²) in [5.41, 5.74) is 5.70. The van der Waals surface area contributed by atoms with Crippen LogP contribution in [0.3, 0.4) is 0 Å². The number of hydrogen-bond donors (Lipinski definition) is 0. The second kappa shape index (κ2) is 7.06. The van der Waals surface area contributed by atoms with Crippen LogP contribution in [0, 0.1) is 6.92 Å². The Balaban J connectivity index is 1.64. The number of hydrogen-bond acceptors (Lipinski definition) is 1. The lowest BCUT2D eigenvalue weighted by atomic mass is 9.99. The Morgan fingerprint density at radius 1 is 0.739 bits per heavy atom. The fourth-order valence-corrected chi connectivity index (χ4v) is 2.64. The highest BCUT2D eigenvalue weighted by atomic mass is 16.1. The van der Waals surface area contributed by atoms with Crippen molar-refractivity contribution in [3.05, 3.63) is 95.6 Å². The summed E-state index contributed by atoms with van der Waals surface area (Å²) in [6.45, 7) is 2.09. The molecule has 0 aliphatic heterocycles. The first kappa shape index (κ1) is 15.2. The average Bonchev–Trinajstić information content (AvgIpc) is 2.61. The lowest BCUT2D eigenvalue weighted by Crippen LogP contribution is -2.00. The molecule has 0 aliphatic rings. The second-order valence-corrected chi connectivity index (χ2v) is 5.85. The van der Waals surface area contributed by atoms with Gasteiger partial charge in [0, 0.05) is 12.0 Å². The standard InChI is InChI=1S/C22H20O/c1-17-7-12-19(13-8-17)20-14-9-18(10-15-20)11-16-22(23)21-5-3-2-4-6-21/h2-10,12-15H,11,16H2,1H3. The number of aryl methyl sites for hydroxylation is 2. The molecule has 0 atom stereocenters. The number of carbonyl (C=O) groups is 1. The maximum absolute atomic E-state index is 12.1. The first-order valence-corrected chi connectivity index (χ1v) is 7.96. The highest BCUT2D eigenvalue weighted by Crippen LogP contribution is 2.21. The van der Waals surface area contributed by atoms with E-state index in [9.17, 15) is 4.79 Å². The van der Waals surface area contributed by atoms with E-state index in [1.807, 2.05) is 30.3 Å². The number of rotatable bonds is 5. The Labute approximate surface area is 137 Å². The molecule has 3 aromatic rings. The third kappa shape index (κ3) is 3.95. The predicted molar refractivity (Wildman–Crippen MR) is 95.7 cm³/mol. The van der Waals surface area contributed by atoms with Gasteiger partial charge in [0.1, 0.15) is 0 Å². The SMILES string of the molecule is Cc1ccc(-c2ccc(CCC(=O)c3ccccc3)cc2)cc1. The van der Waals surface area contributed by atoms with Gasteiger partial charge in [-0.3, -0.25) is 4.79 Å². The third-order valence-corrected chi connectivity index (χ3v) is 4.08. The van der Waals surface area contributed by atoms with Gasteiger partial charge in [0.25, 0.3) is 0 Å². The Morgan fingerprint density at radius 3 is 1.91 bits per heavy atom. The van der Waals surface area contributed by atoms with Crippen molar-refractivity contribution < 1.29 is 4.79 Å². The molecule has 0 bridgehead atoms. The number of carbonyl (C=O) groups excluding carboxylic acids is 1. The van der Waals surface area contributed by atoms with Crippen LogP contribution in [0.1, 0.15) is 27.9 Å². The zero-order valence-electron chi connectivity index (χ0n) is 13.3. The van der Waals surface area contributed by atoms with Gasteiger partial charge in [0.05, 0.1) is 0 Å². The molecule has 0 unspecified atom stereocenters. The number of benzene rings is 3. The third-order valence-electron chi connectivity index (χ3n) is 4.08. The van der Waals surface area contributed by atoms with Gasteiger partial charge < -0.3 is 0 Å². The summed E-state index contributed by atoms with van der Waals surface area (Å²) < 4.78 is 0. The summed E-state index contributed by atoms with van der Waals surface area (Å²) in [6, 6.07) is 26.5. The fraction of sp³-hybridized carbons (Fsp3) is 0.136. The van der Waals surface area contributed by atoms with E-state index in [1.54, 1.807) is 0 Å². The van der Waals surface area contributed by atoms with E-state index >= 15 is 0 Å². The van der Waals surface area contributed by atoms with E-state index in [-0.39, 0.29) is 5.78 Å². The van der Waals surface area contributed by atoms with Crippen molar-refractivity contribution in [2.45, 2.75) is 19.8 Å². The van der Waals surface area contributed by atoms with Crippen LogP contribution in [-0.4, -0.2) is 5.78 Å². The van der Waals surface area contributed by atoms with Crippen LogP contribution in [0.2, 0.25) is 0 Å². The molecular weight excluding hydrogens is 280 g/mol. The first-order chi connectivity index (χ1) is 11.2.